The second-order valence-electron chi connectivity index (χ2n) is 5.09. The molecule has 1 atom stereocenters. The minimum absolute atomic E-state index is 0.0392. The molecule has 1 aromatic rings. The van der Waals surface area contributed by atoms with Gasteiger partial charge in [-0.15, -0.1) is 11.8 Å². The Balaban J connectivity index is 1.84. The maximum Gasteiger partial charge on any atom is 0.315 e. The standard InChI is InChI=1S/C15H22N2OS/c1-11(12-7-9-14(19-2)10-8-12)16-15(18)17-13-5-3-4-6-13/h7-11,13H,3-6H2,1-2H3,(H2,16,17,18)/t11-/m1/s1. The number of amides is 2. The third-order valence-corrected chi connectivity index (χ3v) is 4.40. The van der Waals surface area contributed by atoms with Crippen molar-refractivity contribution in [3.05, 3.63) is 29.8 Å². The molecule has 1 fully saturated rings. The predicted molar refractivity (Wildman–Crippen MR) is 80.6 cm³/mol. The zero-order valence-electron chi connectivity index (χ0n) is 11.6. The van der Waals surface area contributed by atoms with Gasteiger partial charge in [-0.2, -0.15) is 0 Å². The molecule has 19 heavy (non-hydrogen) atoms. The lowest BCUT2D eigenvalue weighted by atomic mass is 10.1. The maximum atomic E-state index is 11.9. The summed E-state index contributed by atoms with van der Waals surface area (Å²) in [6, 6.07) is 8.69. The molecule has 3 nitrogen and oxygen atoms in total. The Morgan fingerprint density at radius 3 is 2.47 bits per heavy atom. The van der Waals surface area contributed by atoms with E-state index in [9.17, 15) is 4.79 Å². The van der Waals surface area contributed by atoms with Crippen LogP contribution in [0.3, 0.4) is 0 Å². The molecule has 0 aromatic heterocycles. The van der Waals surface area contributed by atoms with Crippen molar-refractivity contribution in [2.24, 2.45) is 0 Å². The molecule has 1 aliphatic rings. The Morgan fingerprint density at radius 2 is 1.89 bits per heavy atom. The number of hydrogen-bond acceptors (Lipinski definition) is 2. The molecular weight excluding hydrogens is 256 g/mol. The molecule has 0 radical (unpaired) electrons. The van der Waals surface area contributed by atoms with E-state index in [4.69, 9.17) is 0 Å². The molecule has 4 heteroatoms. The number of rotatable bonds is 4. The minimum Gasteiger partial charge on any atom is -0.335 e. The van der Waals surface area contributed by atoms with Gasteiger partial charge in [0.1, 0.15) is 0 Å². The van der Waals surface area contributed by atoms with Crippen molar-refractivity contribution in [3.8, 4) is 0 Å². The van der Waals surface area contributed by atoms with Gasteiger partial charge in [0.2, 0.25) is 0 Å². The molecule has 104 valence electrons. The van der Waals surface area contributed by atoms with Gasteiger partial charge in [0, 0.05) is 10.9 Å². The number of nitrogens with one attached hydrogen (secondary N) is 2. The fraction of sp³-hybridized carbons (Fsp3) is 0.533. The monoisotopic (exact) mass is 278 g/mol. The van der Waals surface area contributed by atoms with E-state index in [0.717, 1.165) is 18.4 Å². The number of hydrogen-bond donors (Lipinski definition) is 2. The zero-order valence-corrected chi connectivity index (χ0v) is 12.4. The summed E-state index contributed by atoms with van der Waals surface area (Å²) in [5.41, 5.74) is 1.14. The van der Waals surface area contributed by atoms with Crippen LogP contribution >= 0.6 is 11.8 Å². The summed E-state index contributed by atoms with van der Waals surface area (Å²) >= 11 is 1.72. The summed E-state index contributed by atoms with van der Waals surface area (Å²) in [5, 5.41) is 6.05. The Labute approximate surface area is 119 Å². The van der Waals surface area contributed by atoms with Crippen molar-refractivity contribution < 1.29 is 4.79 Å². The van der Waals surface area contributed by atoms with Crippen molar-refractivity contribution in [1.82, 2.24) is 10.6 Å². The van der Waals surface area contributed by atoms with Crippen LogP contribution in [0.25, 0.3) is 0 Å². The maximum absolute atomic E-state index is 11.9. The Kier molecular flexibility index (Phi) is 5.14. The molecule has 2 rings (SSSR count). The average molecular weight is 278 g/mol. The first-order valence-electron chi connectivity index (χ1n) is 6.90. The van der Waals surface area contributed by atoms with Crippen molar-refractivity contribution in [1.29, 1.82) is 0 Å². The van der Waals surface area contributed by atoms with Crippen LogP contribution in [-0.2, 0) is 0 Å². The van der Waals surface area contributed by atoms with E-state index in [2.05, 4.69) is 41.2 Å². The molecule has 0 saturated heterocycles. The van der Waals surface area contributed by atoms with E-state index in [1.807, 2.05) is 6.92 Å². The van der Waals surface area contributed by atoms with Crippen LogP contribution in [0, 0.1) is 0 Å². The molecular formula is C15H22N2OS. The Hall–Kier alpha value is -1.16. The smallest absolute Gasteiger partial charge is 0.315 e. The fourth-order valence-corrected chi connectivity index (χ4v) is 2.88. The van der Waals surface area contributed by atoms with Gasteiger partial charge in [-0.1, -0.05) is 25.0 Å². The average Bonchev–Trinajstić information content (AvgIpc) is 2.91. The van der Waals surface area contributed by atoms with Gasteiger partial charge in [-0.25, -0.2) is 4.79 Å². The van der Waals surface area contributed by atoms with E-state index in [0.29, 0.717) is 6.04 Å². The highest BCUT2D eigenvalue weighted by molar-refractivity contribution is 7.98. The van der Waals surface area contributed by atoms with Gasteiger partial charge in [0.05, 0.1) is 6.04 Å². The van der Waals surface area contributed by atoms with Crippen LogP contribution in [0.5, 0.6) is 0 Å². The van der Waals surface area contributed by atoms with Crippen LogP contribution in [-0.4, -0.2) is 18.3 Å². The van der Waals surface area contributed by atoms with E-state index in [-0.39, 0.29) is 12.1 Å². The Morgan fingerprint density at radius 1 is 1.26 bits per heavy atom. The normalized spacial score (nSPS) is 17.2. The molecule has 2 amide bonds. The number of thioether (sulfide) groups is 1. The second-order valence-corrected chi connectivity index (χ2v) is 5.97. The van der Waals surface area contributed by atoms with Crippen LogP contribution in [0.2, 0.25) is 0 Å². The lowest BCUT2D eigenvalue weighted by Gasteiger charge is -2.18. The third-order valence-electron chi connectivity index (χ3n) is 3.65. The predicted octanol–water partition coefficient (Wildman–Crippen LogP) is 3.71. The highest BCUT2D eigenvalue weighted by atomic mass is 32.2. The highest BCUT2D eigenvalue weighted by Crippen LogP contribution is 2.20. The quantitative estimate of drug-likeness (QED) is 0.824. The third kappa shape index (κ3) is 4.16. The van der Waals surface area contributed by atoms with E-state index >= 15 is 0 Å². The highest BCUT2D eigenvalue weighted by Gasteiger charge is 2.18. The van der Waals surface area contributed by atoms with E-state index in [1.54, 1.807) is 11.8 Å². The lowest BCUT2D eigenvalue weighted by molar-refractivity contribution is 0.234. The van der Waals surface area contributed by atoms with Gasteiger partial charge in [0.25, 0.3) is 0 Å². The molecule has 0 spiro atoms. The first kappa shape index (κ1) is 14.3. The van der Waals surface area contributed by atoms with Crippen molar-refractivity contribution in [3.63, 3.8) is 0 Å². The van der Waals surface area contributed by atoms with Gasteiger partial charge < -0.3 is 10.6 Å². The largest absolute Gasteiger partial charge is 0.335 e. The molecule has 2 N–H and O–H groups in total. The van der Waals surface area contributed by atoms with Gasteiger partial charge in [-0.05, 0) is 43.7 Å². The first-order chi connectivity index (χ1) is 9.19. The van der Waals surface area contributed by atoms with E-state index in [1.165, 1.54) is 17.7 Å². The summed E-state index contributed by atoms with van der Waals surface area (Å²) < 4.78 is 0. The van der Waals surface area contributed by atoms with Gasteiger partial charge >= 0.3 is 6.03 Å². The molecule has 0 heterocycles. The summed E-state index contributed by atoms with van der Waals surface area (Å²) in [7, 11) is 0. The second kappa shape index (κ2) is 6.85. The van der Waals surface area contributed by atoms with Crippen LogP contribution in [0.15, 0.2) is 29.2 Å². The number of carbonyl (C=O) groups is 1. The Bertz CT molecular complexity index is 413. The van der Waals surface area contributed by atoms with Gasteiger partial charge in [0.15, 0.2) is 0 Å². The SMILES string of the molecule is CSc1ccc([C@@H](C)NC(=O)NC2CCCC2)cc1. The molecule has 0 aliphatic heterocycles. The summed E-state index contributed by atoms with van der Waals surface area (Å²) in [4.78, 5) is 13.1. The van der Waals surface area contributed by atoms with Gasteiger partial charge in [-0.3, -0.25) is 0 Å². The minimum atomic E-state index is -0.0478. The fourth-order valence-electron chi connectivity index (χ4n) is 2.47. The molecule has 1 saturated carbocycles. The van der Waals surface area contributed by atoms with Crippen LogP contribution < -0.4 is 10.6 Å². The van der Waals surface area contributed by atoms with Crippen molar-refractivity contribution >= 4 is 17.8 Å². The zero-order chi connectivity index (χ0) is 13.7. The lowest BCUT2D eigenvalue weighted by Crippen LogP contribution is -2.41. The summed E-state index contributed by atoms with van der Waals surface area (Å²) in [6.45, 7) is 2.02. The molecule has 1 aromatic carbocycles. The molecule has 1 aliphatic carbocycles. The molecule has 0 unspecified atom stereocenters. The van der Waals surface area contributed by atoms with Crippen LogP contribution in [0.1, 0.15) is 44.2 Å². The number of benzene rings is 1. The summed E-state index contributed by atoms with van der Waals surface area (Å²) in [5.74, 6) is 0. The topological polar surface area (TPSA) is 41.1 Å². The van der Waals surface area contributed by atoms with Crippen molar-refractivity contribution in [2.45, 2.75) is 49.6 Å². The summed E-state index contributed by atoms with van der Waals surface area (Å²) in [6.07, 6.45) is 6.76. The number of carbonyl (C=O) groups excluding carboxylic acids is 1. The first-order valence-corrected chi connectivity index (χ1v) is 8.12. The van der Waals surface area contributed by atoms with Crippen molar-refractivity contribution in [2.75, 3.05) is 6.26 Å². The van der Waals surface area contributed by atoms with Crippen LogP contribution in [0.4, 0.5) is 4.79 Å². The molecule has 0 bridgehead atoms. The number of urea groups is 1. The van der Waals surface area contributed by atoms with E-state index < -0.39 is 0 Å².